The van der Waals surface area contributed by atoms with Crippen molar-refractivity contribution >= 4 is 5.97 Å². The lowest BCUT2D eigenvalue weighted by Gasteiger charge is -1.99. The number of pyridine rings is 1. The third-order valence-corrected chi connectivity index (χ3v) is 1.72. The highest BCUT2D eigenvalue weighted by Crippen LogP contribution is 2.19. The molecule has 2 aromatic rings. The molecule has 5 nitrogen and oxygen atoms in total. The highest BCUT2D eigenvalue weighted by atomic mass is 16.4. The highest BCUT2D eigenvalue weighted by Gasteiger charge is 2.13. The fourth-order valence-electron chi connectivity index (χ4n) is 1.13. The van der Waals surface area contributed by atoms with Gasteiger partial charge in [0.05, 0.1) is 0 Å². The first kappa shape index (κ1) is 8.43. The zero-order valence-electron chi connectivity index (χ0n) is 7.04. The Morgan fingerprint density at radius 3 is 2.93 bits per heavy atom. The Balaban J connectivity index is 2.58. The third kappa shape index (κ3) is 1.35. The number of hydrogen-bond donors (Lipinski definition) is 1. The standard InChI is InChI=1S/C9H6N2O3/c12-9(13)8-6(2-1-3-10-8)7-4-14-5-11-7/h1-5H,(H,12,13). The number of hydrogen-bond acceptors (Lipinski definition) is 4. The zero-order valence-corrected chi connectivity index (χ0v) is 7.04. The van der Waals surface area contributed by atoms with Crippen LogP contribution in [0.25, 0.3) is 11.3 Å². The van der Waals surface area contributed by atoms with E-state index in [2.05, 4.69) is 9.97 Å². The van der Waals surface area contributed by atoms with E-state index in [0.717, 1.165) is 0 Å². The molecule has 0 saturated heterocycles. The lowest BCUT2D eigenvalue weighted by atomic mass is 10.1. The smallest absolute Gasteiger partial charge is 0.355 e. The van der Waals surface area contributed by atoms with Crippen molar-refractivity contribution in [2.45, 2.75) is 0 Å². The first-order valence-corrected chi connectivity index (χ1v) is 3.86. The molecule has 0 amide bonds. The van der Waals surface area contributed by atoms with E-state index in [1.807, 2.05) is 0 Å². The number of nitrogens with zero attached hydrogens (tertiary/aromatic N) is 2. The normalized spacial score (nSPS) is 10.0. The monoisotopic (exact) mass is 190 g/mol. The van der Waals surface area contributed by atoms with Crippen molar-refractivity contribution < 1.29 is 14.3 Å². The summed E-state index contributed by atoms with van der Waals surface area (Å²) in [4.78, 5) is 18.4. The van der Waals surface area contributed by atoms with Crippen LogP contribution in [0, 0.1) is 0 Å². The molecule has 0 saturated carbocycles. The van der Waals surface area contributed by atoms with Gasteiger partial charge in [-0.05, 0) is 12.1 Å². The van der Waals surface area contributed by atoms with Crippen molar-refractivity contribution in [1.29, 1.82) is 0 Å². The summed E-state index contributed by atoms with van der Waals surface area (Å²) in [5.74, 6) is -1.08. The van der Waals surface area contributed by atoms with Gasteiger partial charge in [-0.3, -0.25) is 0 Å². The topological polar surface area (TPSA) is 76.2 Å². The summed E-state index contributed by atoms with van der Waals surface area (Å²) >= 11 is 0. The molecule has 2 aromatic heterocycles. The van der Waals surface area contributed by atoms with Gasteiger partial charge in [0.15, 0.2) is 12.1 Å². The van der Waals surface area contributed by atoms with E-state index in [0.29, 0.717) is 11.3 Å². The molecule has 1 N–H and O–H groups in total. The van der Waals surface area contributed by atoms with Crippen LogP contribution in [0.2, 0.25) is 0 Å². The lowest BCUT2D eigenvalue weighted by molar-refractivity contribution is 0.0691. The summed E-state index contributed by atoms with van der Waals surface area (Å²) in [6.07, 6.45) is 4.05. The number of oxazole rings is 1. The average molecular weight is 190 g/mol. The van der Waals surface area contributed by atoms with E-state index in [9.17, 15) is 4.79 Å². The SMILES string of the molecule is O=C(O)c1ncccc1-c1cocn1. The van der Waals surface area contributed by atoms with Gasteiger partial charge in [0, 0.05) is 11.8 Å². The molecule has 0 aliphatic rings. The van der Waals surface area contributed by atoms with E-state index < -0.39 is 5.97 Å². The minimum atomic E-state index is -1.08. The van der Waals surface area contributed by atoms with Gasteiger partial charge in [0.1, 0.15) is 12.0 Å². The first-order chi connectivity index (χ1) is 6.79. The van der Waals surface area contributed by atoms with Crippen molar-refractivity contribution in [3.8, 4) is 11.3 Å². The summed E-state index contributed by atoms with van der Waals surface area (Å²) in [5.41, 5.74) is 0.894. The average Bonchev–Trinajstić information content (AvgIpc) is 2.70. The zero-order chi connectivity index (χ0) is 9.97. The lowest BCUT2D eigenvalue weighted by Crippen LogP contribution is -2.02. The molecule has 14 heavy (non-hydrogen) atoms. The van der Waals surface area contributed by atoms with Gasteiger partial charge in [-0.2, -0.15) is 0 Å². The molecular weight excluding hydrogens is 184 g/mol. The van der Waals surface area contributed by atoms with Gasteiger partial charge in [-0.25, -0.2) is 14.8 Å². The molecule has 0 aliphatic carbocycles. The van der Waals surface area contributed by atoms with Gasteiger partial charge >= 0.3 is 5.97 Å². The molecular formula is C9H6N2O3. The number of aromatic nitrogens is 2. The maximum absolute atomic E-state index is 10.8. The van der Waals surface area contributed by atoms with E-state index >= 15 is 0 Å². The second-order valence-corrected chi connectivity index (χ2v) is 2.58. The second-order valence-electron chi connectivity index (χ2n) is 2.58. The Morgan fingerprint density at radius 1 is 1.43 bits per heavy atom. The van der Waals surface area contributed by atoms with Gasteiger partial charge in [0.25, 0.3) is 0 Å². The minimum Gasteiger partial charge on any atom is -0.476 e. The van der Waals surface area contributed by atoms with Crippen molar-refractivity contribution in [2.75, 3.05) is 0 Å². The number of aromatic carboxylic acids is 1. The van der Waals surface area contributed by atoms with Gasteiger partial charge in [-0.15, -0.1) is 0 Å². The van der Waals surface area contributed by atoms with Crippen LogP contribution in [-0.2, 0) is 0 Å². The molecule has 0 radical (unpaired) electrons. The summed E-state index contributed by atoms with van der Waals surface area (Å²) in [5, 5.41) is 8.84. The largest absolute Gasteiger partial charge is 0.476 e. The fraction of sp³-hybridized carbons (Fsp3) is 0. The van der Waals surface area contributed by atoms with Gasteiger partial charge < -0.3 is 9.52 Å². The van der Waals surface area contributed by atoms with E-state index in [4.69, 9.17) is 9.52 Å². The van der Waals surface area contributed by atoms with Crippen LogP contribution in [0.3, 0.4) is 0 Å². The fourth-order valence-corrected chi connectivity index (χ4v) is 1.13. The van der Waals surface area contributed by atoms with Crippen LogP contribution < -0.4 is 0 Å². The molecule has 0 aromatic carbocycles. The van der Waals surface area contributed by atoms with Crippen molar-refractivity contribution in [2.24, 2.45) is 0 Å². The summed E-state index contributed by atoms with van der Waals surface area (Å²) in [6.45, 7) is 0. The predicted octanol–water partition coefficient (Wildman–Crippen LogP) is 1.43. The molecule has 70 valence electrons. The third-order valence-electron chi connectivity index (χ3n) is 1.72. The van der Waals surface area contributed by atoms with Gasteiger partial charge in [0.2, 0.25) is 0 Å². The molecule has 0 aliphatic heterocycles. The van der Waals surface area contributed by atoms with Crippen LogP contribution in [0.1, 0.15) is 10.5 Å². The predicted molar refractivity (Wildman–Crippen MR) is 46.7 cm³/mol. The quantitative estimate of drug-likeness (QED) is 0.775. The van der Waals surface area contributed by atoms with Crippen molar-refractivity contribution in [3.63, 3.8) is 0 Å². The Labute approximate surface area is 79.0 Å². The Hall–Kier alpha value is -2.17. The second kappa shape index (κ2) is 3.29. The highest BCUT2D eigenvalue weighted by molar-refractivity contribution is 5.92. The van der Waals surface area contributed by atoms with Crippen LogP contribution in [0.4, 0.5) is 0 Å². The molecule has 2 heterocycles. The summed E-state index contributed by atoms with van der Waals surface area (Å²) in [6, 6.07) is 3.28. The molecule has 0 bridgehead atoms. The van der Waals surface area contributed by atoms with Crippen molar-refractivity contribution in [1.82, 2.24) is 9.97 Å². The van der Waals surface area contributed by atoms with Crippen molar-refractivity contribution in [3.05, 3.63) is 36.7 Å². The number of carbonyl (C=O) groups is 1. The molecule has 2 rings (SSSR count). The van der Waals surface area contributed by atoms with Gasteiger partial charge in [-0.1, -0.05) is 0 Å². The van der Waals surface area contributed by atoms with Crippen LogP contribution >= 0.6 is 0 Å². The van der Waals surface area contributed by atoms with E-state index in [-0.39, 0.29) is 5.69 Å². The molecule has 0 unspecified atom stereocenters. The van der Waals surface area contributed by atoms with E-state index in [1.54, 1.807) is 12.1 Å². The molecule has 0 spiro atoms. The first-order valence-electron chi connectivity index (χ1n) is 3.86. The number of rotatable bonds is 2. The summed E-state index contributed by atoms with van der Waals surface area (Å²) < 4.78 is 4.77. The maximum Gasteiger partial charge on any atom is 0.355 e. The summed E-state index contributed by atoms with van der Waals surface area (Å²) in [7, 11) is 0. The van der Waals surface area contributed by atoms with Crippen LogP contribution in [0.5, 0.6) is 0 Å². The maximum atomic E-state index is 10.8. The molecule has 0 atom stereocenters. The molecule has 5 heteroatoms. The van der Waals surface area contributed by atoms with Crippen LogP contribution in [-0.4, -0.2) is 21.0 Å². The molecule has 0 fully saturated rings. The number of carboxylic acids is 1. The minimum absolute atomic E-state index is 0.0265. The Kier molecular flexibility index (Phi) is 1.98. The van der Waals surface area contributed by atoms with E-state index in [1.165, 1.54) is 18.9 Å². The Morgan fingerprint density at radius 2 is 2.29 bits per heavy atom. The number of carboxylic acid groups (broad SMARTS) is 1. The Bertz CT molecular complexity index is 451. The van der Waals surface area contributed by atoms with Crippen LogP contribution in [0.15, 0.2) is 35.4 Å².